The number of nitrogens with one attached hydrogen (secondary N) is 1. The van der Waals surface area contributed by atoms with E-state index in [1.54, 1.807) is 0 Å². The highest BCUT2D eigenvalue weighted by Gasteiger charge is 2.25. The number of hydrogen-bond donors (Lipinski definition) is 2. The number of anilines is 1. The van der Waals surface area contributed by atoms with Gasteiger partial charge in [0.1, 0.15) is 5.82 Å². The molecule has 18 heavy (non-hydrogen) atoms. The Morgan fingerprint density at radius 3 is 2.44 bits per heavy atom. The van der Waals surface area contributed by atoms with Crippen LogP contribution in [0, 0.1) is 25.7 Å². The van der Waals surface area contributed by atoms with E-state index in [9.17, 15) is 4.79 Å². The summed E-state index contributed by atoms with van der Waals surface area (Å²) in [6, 6.07) is 3.77. The molecule has 0 saturated heterocycles. The van der Waals surface area contributed by atoms with Crippen LogP contribution < -0.4 is 11.1 Å². The van der Waals surface area contributed by atoms with Crippen molar-refractivity contribution >= 4 is 28.9 Å². The van der Waals surface area contributed by atoms with Crippen LogP contribution in [0.3, 0.4) is 0 Å². The lowest BCUT2D eigenvalue weighted by Crippen LogP contribution is -2.37. The van der Waals surface area contributed by atoms with Gasteiger partial charge in [-0.1, -0.05) is 26.1 Å². The Kier molecular flexibility index (Phi) is 4.78. The van der Waals surface area contributed by atoms with Gasteiger partial charge >= 0.3 is 0 Å². The van der Waals surface area contributed by atoms with Crippen molar-refractivity contribution in [2.45, 2.75) is 27.7 Å². The van der Waals surface area contributed by atoms with E-state index in [0.29, 0.717) is 5.82 Å². The molecule has 0 radical (unpaired) electrons. The summed E-state index contributed by atoms with van der Waals surface area (Å²) >= 11 is 4.93. The minimum Gasteiger partial charge on any atom is -0.393 e. The van der Waals surface area contributed by atoms with Gasteiger partial charge in [0.2, 0.25) is 5.91 Å². The fourth-order valence-corrected chi connectivity index (χ4v) is 2.25. The summed E-state index contributed by atoms with van der Waals surface area (Å²) in [5, 5.41) is 2.77. The van der Waals surface area contributed by atoms with E-state index < -0.39 is 5.92 Å². The first-order chi connectivity index (χ1) is 8.31. The van der Waals surface area contributed by atoms with Crippen molar-refractivity contribution in [3.63, 3.8) is 0 Å². The van der Waals surface area contributed by atoms with Gasteiger partial charge in [0, 0.05) is 5.69 Å². The molecule has 4 nitrogen and oxygen atoms in total. The van der Waals surface area contributed by atoms with Gasteiger partial charge in [-0.05, 0) is 37.5 Å². The van der Waals surface area contributed by atoms with Crippen molar-refractivity contribution in [2.75, 3.05) is 5.32 Å². The molecule has 1 atom stereocenters. The van der Waals surface area contributed by atoms with E-state index in [1.807, 2.05) is 39.8 Å². The van der Waals surface area contributed by atoms with Gasteiger partial charge in [-0.2, -0.15) is 0 Å². The molecule has 0 spiro atoms. The highest BCUT2D eigenvalue weighted by atomic mass is 32.1. The number of nitrogens with two attached hydrogens (primary N) is 1. The average Bonchev–Trinajstić information content (AvgIpc) is 2.13. The van der Waals surface area contributed by atoms with Crippen LogP contribution in [-0.4, -0.2) is 15.9 Å². The number of nitrogens with zero attached hydrogens (tertiary/aromatic N) is 1. The number of hydrogen-bond acceptors (Lipinski definition) is 3. The van der Waals surface area contributed by atoms with Crippen LogP contribution in [0.25, 0.3) is 0 Å². The average molecular weight is 265 g/mol. The van der Waals surface area contributed by atoms with Crippen LogP contribution in [0.4, 0.5) is 5.82 Å². The zero-order valence-electron chi connectivity index (χ0n) is 11.2. The third-order valence-corrected chi connectivity index (χ3v) is 2.86. The Hall–Kier alpha value is -1.49. The number of aromatic nitrogens is 1. The number of carbonyl (C=O) groups excluding carboxylic acids is 1. The van der Waals surface area contributed by atoms with Gasteiger partial charge in [-0.3, -0.25) is 4.79 Å². The predicted octanol–water partition coefficient (Wildman–Crippen LogP) is 2.20. The zero-order valence-corrected chi connectivity index (χ0v) is 12.0. The first kappa shape index (κ1) is 14.6. The third kappa shape index (κ3) is 3.77. The fraction of sp³-hybridized carbons (Fsp3) is 0.462. The molecular formula is C13H19N3OS. The Morgan fingerprint density at radius 1 is 1.39 bits per heavy atom. The molecule has 5 heteroatoms. The first-order valence-corrected chi connectivity index (χ1v) is 6.27. The summed E-state index contributed by atoms with van der Waals surface area (Å²) in [7, 11) is 0. The van der Waals surface area contributed by atoms with Gasteiger partial charge in [0.05, 0.1) is 10.9 Å². The molecule has 1 unspecified atom stereocenters. The van der Waals surface area contributed by atoms with E-state index >= 15 is 0 Å². The summed E-state index contributed by atoms with van der Waals surface area (Å²) in [6.07, 6.45) is 0. The molecule has 1 rings (SSSR count). The summed E-state index contributed by atoms with van der Waals surface area (Å²) < 4.78 is 0. The SMILES string of the molecule is Cc1cc(C)nc(NC(=O)C(C(N)=S)C(C)C)c1. The standard InChI is InChI=1S/C13H19N3OS/c1-7(2)11(12(14)18)13(17)16-10-6-8(3)5-9(4)15-10/h5-7,11H,1-4H3,(H2,14,18)(H,15,16,17). The fourth-order valence-electron chi connectivity index (χ4n) is 1.87. The number of thiocarbonyl (C=S) groups is 1. The van der Waals surface area contributed by atoms with Crippen LogP contribution in [0.2, 0.25) is 0 Å². The number of aryl methyl sites for hydroxylation is 2. The van der Waals surface area contributed by atoms with Crippen LogP contribution >= 0.6 is 12.2 Å². The second-order valence-electron chi connectivity index (χ2n) is 4.78. The van der Waals surface area contributed by atoms with E-state index in [2.05, 4.69) is 10.3 Å². The quantitative estimate of drug-likeness (QED) is 0.819. The van der Waals surface area contributed by atoms with Crippen molar-refractivity contribution in [2.24, 2.45) is 17.6 Å². The molecule has 0 aliphatic heterocycles. The van der Waals surface area contributed by atoms with Crippen LogP contribution in [0.5, 0.6) is 0 Å². The molecule has 0 aliphatic rings. The molecule has 0 aliphatic carbocycles. The van der Waals surface area contributed by atoms with Crippen molar-refractivity contribution in [1.82, 2.24) is 4.98 Å². The van der Waals surface area contributed by atoms with Gasteiger partial charge < -0.3 is 11.1 Å². The molecule has 0 saturated carbocycles. The molecule has 0 bridgehead atoms. The Morgan fingerprint density at radius 2 is 2.00 bits per heavy atom. The summed E-state index contributed by atoms with van der Waals surface area (Å²) in [5.74, 6) is -0.0644. The Bertz CT molecular complexity index is 451. The highest BCUT2D eigenvalue weighted by Crippen LogP contribution is 2.15. The molecule has 1 aromatic rings. The Balaban J connectivity index is 2.89. The van der Waals surface area contributed by atoms with Gasteiger partial charge in [0.25, 0.3) is 0 Å². The summed E-state index contributed by atoms with van der Waals surface area (Å²) in [4.78, 5) is 16.6. The molecule has 98 valence electrons. The van der Waals surface area contributed by atoms with Gasteiger partial charge in [-0.25, -0.2) is 4.98 Å². The number of pyridine rings is 1. The number of rotatable bonds is 4. The van der Waals surface area contributed by atoms with Crippen molar-refractivity contribution in [1.29, 1.82) is 0 Å². The van der Waals surface area contributed by atoms with Crippen LogP contribution in [-0.2, 0) is 4.79 Å². The number of amides is 1. The Labute approximate surface area is 113 Å². The maximum atomic E-state index is 12.1. The zero-order chi connectivity index (χ0) is 13.9. The lowest BCUT2D eigenvalue weighted by atomic mass is 9.95. The van der Waals surface area contributed by atoms with Crippen molar-refractivity contribution in [3.05, 3.63) is 23.4 Å². The monoisotopic (exact) mass is 265 g/mol. The second-order valence-corrected chi connectivity index (χ2v) is 5.26. The second kappa shape index (κ2) is 5.91. The van der Waals surface area contributed by atoms with E-state index in [1.165, 1.54) is 0 Å². The number of carbonyl (C=O) groups is 1. The van der Waals surface area contributed by atoms with Crippen molar-refractivity contribution < 1.29 is 4.79 Å². The van der Waals surface area contributed by atoms with Crippen LogP contribution in [0.1, 0.15) is 25.1 Å². The molecule has 1 aromatic heterocycles. The van der Waals surface area contributed by atoms with Gasteiger partial charge in [0.15, 0.2) is 0 Å². The molecule has 0 aromatic carbocycles. The van der Waals surface area contributed by atoms with Crippen molar-refractivity contribution in [3.8, 4) is 0 Å². The predicted molar refractivity (Wildman–Crippen MR) is 77.5 cm³/mol. The topological polar surface area (TPSA) is 68.0 Å². The molecule has 1 amide bonds. The van der Waals surface area contributed by atoms with Crippen LogP contribution in [0.15, 0.2) is 12.1 Å². The molecule has 1 heterocycles. The maximum Gasteiger partial charge on any atom is 0.235 e. The van der Waals surface area contributed by atoms with Gasteiger partial charge in [-0.15, -0.1) is 0 Å². The first-order valence-electron chi connectivity index (χ1n) is 5.86. The highest BCUT2D eigenvalue weighted by molar-refractivity contribution is 7.80. The largest absolute Gasteiger partial charge is 0.393 e. The lowest BCUT2D eigenvalue weighted by molar-refractivity contribution is -0.118. The minimum atomic E-state index is -0.470. The molecule has 3 N–H and O–H groups in total. The third-order valence-electron chi connectivity index (χ3n) is 2.60. The molecular weight excluding hydrogens is 246 g/mol. The maximum absolute atomic E-state index is 12.1. The van der Waals surface area contributed by atoms with E-state index in [4.69, 9.17) is 18.0 Å². The minimum absolute atomic E-state index is 0.0633. The normalized spacial score (nSPS) is 12.3. The summed E-state index contributed by atoms with van der Waals surface area (Å²) in [5.41, 5.74) is 7.52. The lowest BCUT2D eigenvalue weighted by Gasteiger charge is -2.18. The smallest absolute Gasteiger partial charge is 0.235 e. The van der Waals surface area contributed by atoms with E-state index in [0.717, 1.165) is 11.3 Å². The summed E-state index contributed by atoms with van der Waals surface area (Å²) in [6.45, 7) is 7.67. The molecule has 0 fully saturated rings. The van der Waals surface area contributed by atoms with E-state index in [-0.39, 0.29) is 16.8 Å².